The van der Waals surface area contributed by atoms with E-state index < -0.39 is 5.97 Å². The van der Waals surface area contributed by atoms with Gasteiger partial charge in [-0.15, -0.1) is 11.8 Å². The van der Waals surface area contributed by atoms with Crippen LogP contribution in [-0.2, 0) is 17.6 Å². The van der Waals surface area contributed by atoms with Gasteiger partial charge >= 0.3 is 5.97 Å². The van der Waals surface area contributed by atoms with Crippen molar-refractivity contribution in [1.29, 1.82) is 0 Å². The fourth-order valence-electron chi connectivity index (χ4n) is 3.15. The summed E-state index contributed by atoms with van der Waals surface area (Å²) in [6, 6.07) is 8.89. The number of aliphatic carboxylic acids is 1. The molecule has 0 saturated carbocycles. The number of carboxylic acids is 1. The van der Waals surface area contributed by atoms with Gasteiger partial charge in [0.1, 0.15) is 11.5 Å². The second-order valence-corrected chi connectivity index (χ2v) is 8.38. The van der Waals surface area contributed by atoms with Crippen molar-refractivity contribution in [3.8, 4) is 11.5 Å². The standard InChI is InChI=1S/C23H28ClNO5S/c1-4-6-16-19(9-8-17(22(16)29-3)23(28)25-2)30-11-5-12-31-20-10-7-15(13-18(20)24)14-21(26)27/h7-10,13H,4-6,11-12,14H2,1-3H3,(H,25,28)(H,26,27). The number of carbonyl (C=O) groups excluding carboxylic acids is 1. The van der Waals surface area contributed by atoms with Crippen LogP contribution in [0.4, 0.5) is 0 Å². The number of benzene rings is 2. The lowest BCUT2D eigenvalue weighted by Crippen LogP contribution is -2.19. The first-order chi connectivity index (χ1) is 14.9. The molecule has 31 heavy (non-hydrogen) atoms. The Morgan fingerprint density at radius 1 is 1.23 bits per heavy atom. The Labute approximate surface area is 192 Å². The maximum atomic E-state index is 12.1. The number of thioether (sulfide) groups is 1. The molecule has 0 fully saturated rings. The molecular weight excluding hydrogens is 438 g/mol. The van der Waals surface area contributed by atoms with Gasteiger partial charge in [-0.3, -0.25) is 9.59 Å². The topological polar surface area (TPSA) is 84.9 Å². The summed E-state index contributed by atoms with van der Waals surface area (Å²) >= 11 is 7.88. The summed E-state index contributed by atoms with van der Waals surface area (Å²) < 4.78 is 11.5. The molecule has 2 aromatic carbocycles. The third-order valence-corrected chi connectivity index (χ3v) is 6.13. The van der Waals surface area contributed by atoms with Crippen molar-refractivity contribution >= 4 is 35.2 Å². The predicted molar refractivity (Wildman–Crippen MR) is 124 cm³/mol. The molecule has 0 aromatic heterocycles. The van der Waals surface area contributed by atoms with Gasteiger partial charge in [-0.2, -0.15) is 0 Å². The third-order valence-electron chi connectivity index (χ3n) is 4.55. The van der Waals surface area contributed by atoms with E-state index in [1.54, 1.807) is 44.1 Å². The van der Waals surface area contributed by atoms with E-state index >= 15 is 0 Å². The SMILES string of the molecule is CCCc1c(OCCCSc2ccc(CC(=O)O)cc2Cl)ccc(C(=O)NC)c1OC. The average Bonchev–Trinajstić information content (AvgIpc) is 2.74. The number of ether oxygens (including phenoxy) is 2. The van der Waals surface area contributed by atoms with Crippen molar-refractivity contribution in [2.75, 3.05) is 26.5 Å². The quantitative estimate of drug-likeness (QED) is 0.344. The number of amides is 1. The van der Waals surface area contributed by atoms with Crippen molar-refractivity contribution in [3.05, 3.63) is 52.0 Å². The number of carbonyl (C=O) groups is 2. The van der Waals surface area contributed by atoms with Crippen molar-refractivity contribution in [3.63, 3.8) is 0 Å². The molecule has 0 bridgehead atoms. The molecule has 0 radical (unpaired) electrons. The third kappa shape index (κ3) is 7.08. The molecule has 0 saturated heterocycles. The molecule has 0 spiro atoms. The Bertz CT molecular complexity index is 919. The van der Waals surface area contributed by atoms with Crippen molar-refractivity contribution < 1.29 is 24.2 Å². The van der Waals surface area contributed by atoms with Gasteiger partial charge in [0.25, 0.3) is 5.91 Å². The van der Waals surface area contributed by atoms with Crippen LogP contribution in [0.25, 0.3) is 0 Å². The maximum absolute atomic E-state index is 12.1. The number of halogens is 1. The first-order valence-corrected chi connectivity index (χ1v) is 11.4. The number of hydrogen-bond acceptors (Lipinski definition) is 5. The number of carboxylic acid groups (broad SMARTS) is 1. The number of methoxy groups -OCH3 is 1. The summed E-state index contributed by atoms with van der Waals surface area (Å²) in [5.74, 6) is 1.02. The summed E-state index contributed by atoms with van der Waals surface area (Å²) in [6.45, 7) is 2.58. The summed E-state index contributed by atoms with van der Waals surface area (Å²) in [7, 11) is 3.15. The fourth-order valence-corrected chi connectivity index (χ4v) is 4.36. The molecule has 2 N–H and O–H groups in total. The molecule has 0 atom stereocenters. The normalized spacial score (nSPS) is 10.6. The highest BCUT2D eigenvalue weighted by molar-refractivity contribution is 7.99. The molecule has 0 heterocycles. The first-order valence-electron chi connectivity index (χ1n) is 10.1. The highest BCUT2D eigenvalue weighted by Gasteiger charge is 2.18. The zero-order chi connectivity index (χ0) is 22.8. The van der Waals surface area contributed by atoms with Crippen LogP contribution < -0.4 is 14.8 Å². The van der Waals surface area contributed by atoms with Crippen LogP contribution in [0.15, 0.2) is 35.2 Å². The van der Waals surface area contributed by atoms with Crippen molar-refractivity contribution in [1.82, 2.24) is 5.32 Å². The summed E-state index contributed by atoms with van der Waals surface area (Å²) in [5.41, 5.74) is 2.08. The van der Waals surface area contributed by atoms with Crippen LogP contribution in [0, 0.1) is 0 Å². The molecule has 8 heteroatoms. The lowest BCUT2D eigenvalue weighted by atomic mass is 10.0. The van der Waals surface area contributed by atoms with Crippen LogP contribution in [0.1, 0.15) is 41.3 Å². The van der Waals surface area contributed by atoms with E-state index in [1.165, 1.54) is 0 Å². The van der Waals surface area contributed by atoms with Crippen LogP contribution in [-0.4, -0.2) is 43.5 Å². The Balaban J connectivity index is 1.96. The predicted octanol–water partition coefficient (Wildman–Crippen LogP) is 4.85. The monoisotopic (exact) mass is 465 g/mol. The number of nitrogens with one attached hydrogen (secondary N) is 1. The van der Waals surface area contributed by atoms with E-state index in [-0.39, 0.29) is 12.3 Å². The lowest BCUT2D eigenvalue weighted by molar-refractivity contribution is -0.136. The molecule has 1 amide bonds. The van der Waals surface area contributed by atoms with E-state index in [4.69, 9.17) is 26.2 Å². The van der Waals surface area contributed by atoms with E-state index in [0.717, 1.165) is 41.2 Å². The fraction of sp³-hybridized carbons (Fsp3) is 0.391. The Hall–Kier alpha value is -2.38. The molecule has 168 valence electrons. The van der Waals surface area contributed by atoms with Crippen LogP contribution in [0.5, 0.6) is 11.5 Å². The van der Waals surface area contributed by atoms with Gasteiger partial charge in [-0.05, 0) is 42.7 Å². The van der Waals surface area contributed by atoms with E-state index in [2.05, 4.69) is 12.2 Å². The molecule has 0 unspecified atom stereocenters. The van der Waals surface area contributed by atoms with Crippen LogP contribution in [0.3, 0.4) is 0 Å². The average molecular weight is 466 g/mol. The minimum absolute atomic E-state index is 0.0409. The zero-order valence-corrected chi connectivity index (χ0v) is 19.6. The second kappa shape index (κ2) is 12.5. The van der Waals surface area contributed by atoms with Gasteiger partial charge in [-0.25, -0.2) is 0 Å². The minimum Gasteiger partial charge on any atom is -0.495 e. The maximum Gasteiger partial charge on any atom is 0.307 e. The van der Waals surface area contributed by atoms with Crippen molar-refractivity contribution in [2.45, 2.75) is 37.5 Å². The van der Waals surface area contributed by atoms with Crippen molar-refractivity contribution in [2.24, 2.45) is 0 Å². The molecular formula is C23H28ClNO5S. The molecule has 0 aliphatic carbocycles. The molecule has 0 aliphatic heterocycles. The van der Waals surface area contributed by atoms with E-state index in [0.29, 0.717) is 28.5 Å². The van der Waals surface area contributed by atoms with Gasteiger partial charge in [0, 0.05) is 23.3 Å². The highest BCUT2D eigenvalue weighted by atomic mass is 35.5. The van der Waals surface area contributed by atoms with Gasteiger partial charge < -0.3 is 19.9 Å². The van der Waals surface area contributed by atoms with Gasteiger partial charge in [0.15, 0.2) is 0 Å². The highest BCUT2D eigenvalue weighted by Crippen LogP contribution is 2.34. The Kier molecular flexibility index (Phi) is 10.0. The lowest BCUT2D eigenvalue weighted by Gasteiger charge is -2.17. The second-order valence-electron chi connectivity index (χ2n) is 6.84. The Morgan fingerprint density at radius 2 is 2.00 bits per heavy atom. The van der Waals surface area contributed by atoms with Crippen LogP contribution in [0.2, 0.25) is 5.02 Å². The molecule has 2 rings (SSSR count). The van der Waals surface area contributed by atoms with E-state index in [9.17, 15) is 9.59 Å². The smallest absolute Gasteiger partial charge is 0.307 e. The minimum atomic E-state index is -0.879. The zero-order valence-electron chi connectivity index (χ0n) is 18.0. The molecule has 2 aromatic rings. The van der Waals surface area contributed by atoms with E-state index in [1.807, 2.05) is 12.1 Å². The molecule has 0 aliphatic rings. The van der Waals surface area contributed by atoms with Gasteiger partial charge in [0.2, 0.25) is 0 Å². The summed E-state index contributed by atoms with van der Waals surface area (Å²) in [6.07, 6.45) is 2.40. The number of rotatable bonds is 12. The molecule has 6 nitrogen and oxygen atoms in total. The summed E-state index contributed by atoms with van der Waals surface area (Å²) in [5, 5.41) is 12.1. The largest absolute Gasteiger partial charge is 0.495 e. The summed E-state index contributed by atoms with van der Waals surface area (Å²) in [4.78, 5) is 23.8. The first kappa shape index (κ1) is 24.9. The Morgan fingerprint density at radius 3 is 2.61 bits per heavy atom. The number of hydrogen-bond donors (Lipinski definition) is 2. The van der Waals surface area contributed by atoms with Crippen LogP contribution >= 0.6 is 23.4 Å². The van der Waals surface area contributed by atoms with Gasteiger partial charge in [-0.1, -0.05) is 31.0 Å². The van der Waals surface area contributed by atoms with Gasteiger partial charge in [0.05, 0.1) is 30.7 Å².